The second-order valence-electron chi connectivity index (χ2n) is 8.70. The smallest absolute Gasteiger partial charge is 0.303 e. The zero-order valence-corrected chi connectivity index (χ0v) is 19.0. The Hall–Kier alpha value is -1.97. The summed E-state index contributed by atoms with van der Waals surface area (Å²) in [6, 6.07) is 6.14. The summed E-state index contributed by atoms with van der Waals surface area (Å²) in [5.74, 6) is 1.16. The minimum atomic E-state index is -0.712. The maximum absolute atomic E-state index is 10.5. The number of carboxylic acid groups (broad SMARTS) is 1. The van der Waals surface area contributed by atoms with Crippen molar-refractivity contribution in [2.75, 3.05) is 6.61 Å². The number of carboxylic acids is 1. The highest BCUT2D eigenvalue weighted by Gasteiger charge is 2.29. The van der Waals surface area contributed by atoms with Crippen LogP contribution in [0.25, 0.3) is 0 Å². The van der Waals surface area contributed by atoms with Crippen molar-refractivity contribution in [3.63, 3.8) is 0 Å². The molecule has 1 heterocycles. The summed E-state index contributed by atoms with van der Waals surface area (Å²) < 4.78 is 12.2. The lowest BCUT2D eigenvalue weighted by atomic mass is 9.91. The molecule has 0 radical (unpaired) electrons. The molecule has 0 saturated carbocycles. The Morgan fingerprint density at radius 2 is 1.90 bits per heavy atom. The number of allylic oxidation sites excluding steroid dienone is 1. The molecule has 0 spiro atoms. The first-order valence-electron chi connectivity index (χ1n) is 11.9. The van der Waals surface area contributed by atoms with E-state index in [0.717, 1.165) is 56.4 Å². The Bertz CT molecular complexity index is 667. The van der Waals surface area contributed by atoms with Gasteiger partial charge in [-0.2, -0.15) is 0 Å². The first kappa shape index (κ1) is 24.3. The molecule has 1 aliphatic rings. The maximum atomic E-state index is 10.5. The van der Waals surface area contributed by atoms with Crippen molar-refractivity contribution in [1.82, 2.24) is 0 Å². The minimum absolute atomic E-state index is 0.214. The van der Waals surface area contributed by atoms with Crippen LogP contribution in [0.5, 0.6) is 11.5 Å². The molecule has 4 nitrogen and oxygen atoms in total. The van der Waals surface area contributed by atoms with E-state index in [4.69, 9.17) is 14.6 Å². The molecule has 168 valence electrons. The van der Waals surface area contributed by atoms with Gasteiger partial charge in [0.2, 0.25) is 0 Å². The molecule has 0 amide bonds. The van der Waals surface area contributed by atoms with E-state index >= 15 is 0 Å². The third kappa shape index (κ3) is 9.23. The van der Waals surface area contributed by atoms with E-state index in [9.17, 15) is 4.79 Å². The number of aliphatic carboxylic acids is 1. The van der Waals surface area contributed by atoms with Crippen LogP contribution in [0, 0.1) is 0 Å². The van der Waals surface area contributed by atoms with Gasteiger partial charge in [0.25, 0.3) is 0 Å². The summed E-state index contributed by atoms with van der Waals surface area (Å²) in [6.07, 6.45) is 18.2. The fourth-order valence-electron chi connectivity index (χ4n) is 3.86. The average molecular weight is 417 g/mol. The first-order valence-corrected chi connectivity index (χ1v) is 11.9. The van der Waals surface area contributed by atoms with Crippen LogP contribution in [-0.2, 0) is 11.2 Å². The first-order chi connectivity index (χ1) is 14.5. The van der Waals surface area contributed by atoms with Crippen molar-refractivity contribution in [1.29, 1.82) is 0 Å². The van der Waals surface area contributed by atoms with Crippen molar-refractivity contribution in [2.24, 2.45) is 0 Å². The van der Waals surface area contributed by atoms with Gasteiger partial charge >= 0.3 is 5.97 Å². The van der Waals surface area contributed by atoms with Gasteiger partial charge in [0.1, 0.15) is 17.1 Å². The summed E-state index contributed by atoms with van der Waals surface area (Å²) in [7, 11) is 0. The van der Waals surface area contributed by atoms with Gasteiger partial charge in [-0.3, -0.25) is 4.79 Å². The molecule has 1 N–H and O–H groups in total. The monoisotopic (exact) mass is 416 g/mol. The van der Waals surface area contributed by atoms with Crippen LogP contribution in [0.15, 0.2) is 30.4 Å². The quantitative estimate of drug-likeness (QED) is 0.245. The minimum Gasteiger partial charge on any atom is -0.494 e. The van der Waals surface area contributed by atoms with Gasteiger partial charge in [0.15, 0.2) is 0 Å². The standard InChI is InChI=1S/C26H40O4/c1-3-4-5-6-7-9-12-18-26(2)19-17-22-21-23(15-16-24(22)30-26)29-20-13-10-8-11-14-25(27)28/h12,15-16,18,21H,3-11,13-14,17,19-20H2,1-2H3,(H,27,28)/b18-12+. The summed E-state index contributed by atoms with van der Waals surface area (Å²) >= 11 is 0. The SMILES string of the molecule is CCCCCCC/C=C/C1(C)CCc2cc(OCCCCCCC(=O)O)ccc2O1. The summed E-state index contributed by atoms with van der Waals surface area (Å²) in [4.78, 5) is 10.5. The lowest BCUT2D eigenvalue weighted by Crippen LogP contribution is -2.34. The molecule has 0 fully saturated rings. The Kier molecular flexibility index (Phi) is 10.8. The van der Waals surface area contributed by atoms with Crippen LogP contribution in [0.2, 0.25) is 0 Å². The lowest BCUT2D eigenvalue weighted by Gasteiger charge is -2.33. The molecule has 0 saturated heterocycles. The van der Waals surface area contributed by atoms with Crippen molar-refractivity contribution in [2.45, 2.75) is 103 Å². The van der Waals surface area contributed by atoms with Gasteiger partial charge in [-0.15, -0.1) is 0 Å². The number of fused-ring (bicyclic) bond motifs is 1. The average Bonchev–Trinajstić information content (AvgIpc) is 2.72. The topological polar surface area (TPSA) is 55.8 Å². The molecule has 2 rings (SSSR count). The van der Waals surface area contributed by atoms with E-state index in [0.29, 0.717) is 6.61 Å². The molecular formula is C26H40O4. The number of aryl methyl sites for hydroxylation is 1. The fourth-order valence-corrected chi connectivity index (χ4v) is 3.86. The molecule has 1 atom stereocenters. The van der Waals surface area contributed by atoms with Crippen LogP contribution < -0.4 is 9.47 Å². The molecular weight excluding hydrogens is 376 g/mol. The highest BCUT2D eigenvalue weighted by molar-refractivity contribution is 5.66. The predicted molar refractivity (Wildman–Crippen MR) is 123 cm³/mol. The largest absolute Gasteiger partial charge is 0.494 e. The van der Waals surface area contributed by atoms with Crippen molar-refractivity contribution in [3.05, 3.63) is 35.9 Å². The number of hydrogen-bond acceptors (Lipinski definition) is 3. The summed E-state index contributed by atoms with van der Waals surface area (Å²) in [5.41, 5.74) is 1.01. The molecule has 1 aromatic carbocycles. The van der Waals surface area contributed by atoms with E-state index in [-0.39, 0.29) is 12.0 Å². The summed E-state index contributed by atoms with van der Waals surface area (Å²) in [5, 5.41) is 8.65. The van der Waals surface area contributed by atoms with Crippen LogP contribution in [0.3, 0.4) is 0 Å². The van der Waals surface area contributed by atoms with Gasteiger partial charge in [-0.25, -0.2) is 0 Å². The van der Waals surface area contributed by atoms with Crippen LogP contribution in [0.4, 0.5) is 0 Å². The zero-order chi connectivity index (χ0) is 21.7. The number of hydrogen-bond donors (Lipinski definition) is 1. The lowest BCUT2D eigenvalue weighted by molar-refractivity contribution is -0.137. The van der Waals surface area contributed by atoms with Crippen LogP contribution in [-0.4, -0.2) is 23.3 Å². The number of benzene rings is 1. The molecule has 30 heavy (non-hydrogen) atoms. The third-order valence-electron chi connectivity index (χ3n) is 5.76. The fraction of sp³-hybridized carbons (Fsp3) is 0.654. The summed E-state index contributed by atoms with van der Waals surface area (Å²) in [6.45, 7) is 5.10. The predicted octanol–water partition coefficient (Wildman–Crippen LogP) is 7.10. The van der Waals surface area contributed by atoms with Crippen LogP contribution >= 0.6 is 0 Å². The number of ether oxygens (including phenoxy) is 2. The normalized spacial score (nSPS) is 18.2. The second kappa shape index (κ2) is 13.4. The molecule has 1 aliphatic heterocycles. The zero-order valence-electron chi connectivity index (χ0n) is 19.0. The molecule has 1 aromatic rings. The number of rotatable bonds is 15. The Labute approximate surface area is 182 Å². The Balaban J connectivity index is 1.70. The van der Waals surface area contributed by atoms with Gasteiger partial charge in [-0.1, -0.05) is 51.5 Å². The number of carbonyl (C=O) groups is 1. The molecule has 0 bridgehead atoms. The van der Waals surface area contributed by atoms with Crippen molar-refractivity contribution >= 4 is 5.97 Å². The maximum Gasteiger partial charge on any atom is 0.303 e. The third-order valence-corrected chi connectivity index (χ3v) is 5.76. The Morgan fingerprint density at radius 3 is 2.70 bits per heavy atom. The van der Waals surface area contributed by atoms with E-state index in [2.05, 4.69) is 32.1 Å². The Morgan fingerprint density at radius 1 is 1.13 bits per heavy atom. The van der Waals surface area contributed by atoms with E-state index in [1.165, 1.54) is 37.7 Å². The highest BCUT2D eigenvalue weighted by atomic mass is 16.5. The van der Waals surface area contributed by atoms with Crippen LogP contribution in [0.1, 0.15) is 96.5 Å². The van der Waals surface area contributed by atoms with E-state index in [1.54, 1.807) is 0 Å². The van der Waals surface area contributed by atoms with Gasteiger partial charge in [-0.05, 0) is 75.3 Å². The highest BCUT2D eigenvalue weighted by Crippen LogP contribution is 2.36. The molecule has 0 aromatic heterocycles. The molecule has 1 unspecified atom stereocenters. The van der Waals surface area contributed by atoms with E-state index < -0.39 is 5.97 Å². The molecule has 4 heteroatoms. The van der Waals surface area contributed by atoms with E-state index in [1.807, 2.05) is 12.1 Å². The number of unbranched alkanes of at least 4 members (excludes halogenated alkanes) is 8. The van der Waals surface area contributed by atoms with Gasteiger partial charge in [0, 0.05) is 6.42 Å². The molecule has 0 aliphatic carbocycles. The van der Waals surface area contributed by atoms with Crippen molar-refractivity contribution < 1.29 is 19.4 Å². The van der Waals surface area contributed by atoms with Crippen molar-refractivity contribution in [3.8, 4) is 11.5 Å². The second-order valence-corrected chi connectivity index (χ2v) is 8.70. The van der Waals surface area contributed by atoms with Gasteiger partial charge in [0.05, 0.1) is 6.61 Å². The van der Waals surface area contributed by atoms with Gasteiger partial charge < -0.3 is 14.6 Å².